The number of halogens is 1. The van der Waals surface area contributed by atoms with Gasteiger partial charge in [0.05, 0.1) is 17.4 Å². The molecule has 0 aliphatic carbocycles. The van der Waals surface area contributed by atoms with Crippen LogP contribution in [0, 0.1) is 10.5 Å². The zero-order valence-electron chi connectivity index (χ0n) is 21.0. The van der Waals surface area contributed by atoms with E-state index >= 15 is 0 Å². The number of nitrogens with zero attached hydrogens (tertiary/aromatic N) is 4. The number of rotatable bonds is 5. The van der Waals surface area contributed by atoms with E-state index in [0.29, 0.717) is 34.8 Å². The molecule has 1 amide bonds. The predicted molar refractivity (Wildman–Crippen MR) is 148 cm³/mol. The lowest BCUT2D eigenvalue weighted by Crippen LogP contribution is -2.19. The van der Waals surface area contributed by atoms with Crippen molar-refractivity contribution in [3.8, 4) is 33.1 Å². The van der Waals surface area contributed by atoms with Gasteiger partial charge in [-0.3, -0.25) is 14.9 Å². The molecule has 0 radical (unpaired) electrons. The highest BCUT2D eigenvalue weighted by molar-refractivity contribution is 7.14. The van der Waals surface area contributed by atoms with Crippen LogP contribution in [0.2, 0.25) is 0 Å². The van der Waals surface area contributed by atoms with Crippen LogP contribution in [-0.4, -0.2) is 36.0 Å². The number of benzene rings is 1. The Morgan fingerprint density at radius 1 is 1.08 bits per heavy atom. The lowest BCUT2D eigenvalue weighted by atomic mass is 9.92. The van der Waals surface area contributed by atoms with Crippen molar-refractivity contribution in [3.63, 3.8) is 0 Å². The smallest absolute Gasteiger partial charge is 0.224 e. The molecule has 6 aromatic rings. The van der Waals surface area contributed by atoms with Crippen molar-refractivity contribution in [3.05, 3.63) is 66.2 Å². The summed E-state index contributed by atoms with van der Waals surface area (Å²) in [5, 5.41) is 11.2. The zero-order valence-corrected chi connectivity index (χ0v) is 21.8. The van der Waals surface area contributed by atoms with Crippen LogP contribution in [0.1, 0.15) is 27.2 Å². The van der Waals surface area contributed by atoms with Gasteiger partial charge in [0.2, 0.25) is 5.91 Å². The van der Waals surface area contributed by atoms with Crippen molar-refractivity contribution in [2.75, 3.05) is 5.32 Å². The van der Waals surface area contributed by atoms with Gasteiger partial charge in [0.1, 0.15) is 11.2 Å². The molecule has 3 N–H and O–H groups in total. The molecule has 10 heteroatoms. The molecule has 5 heterocycles. The minimum Gasteiger partial charge on any atom is -0.325 e. The second-order valence-electron chi connectivity index (χ2n) is 10.3. The second kappa shape index (κ2) is 9.14. The van der Waals surface area contributed by atoms with E-state index in [1.165, 1.54) is 6.07 Å². The van der Waals surface area contributed by atoms with E-state index in [2.05, 4.69) is 30.5 Å². The third kappa shape index (κ3) is 4.66. The molecule has 0 saturated carbocycles. The summed E-state index contributed by atoms with van der Waals surface area (Å²) >= 11 is 1.07. The van der Waals surface area contributed by atoms with E-state index in [4.69, 9.17) is 4.98 Å². The van der Waals surface area contributed by atoms with Gasteiger partial charge in [-0.05, 0) is 47.4 Å². The van der Waals surface area contributed by atoms with Crippen LogP contribution < -0.4 is 5.32 Å². The van der Waals surface area contributed by atoms with Gasteiger partial charge in [0.15, 0.2) is 16.6 Å². The van der Waals surface area contributed by atoms with Gasteiger partial charge in [0.25, 0.3) is 0 Å². The average Bonchev–Trinajstić information content (AvgIpc) is 3.60. The SMILES string of the molecule is CC(C)(C)CC(=O)Nc1cncc(-c2ccc3[nH]nc(-c4nc5c(-c6ccc(F)s6)ccnc5[nH]4)c3c2)c1. The topological polar surface area (TPSA) is 112 Å². The fourth-order valence-corrected chi connectivity index (χ4v) is 5.16. The van der Waals surface area contributed by atoms with Gasteiger partial charge in [-0.2, -0.15) is 9.49 Å². The van der Waals surface area contributed by atoms with Gasteiger partial charge in [0, 0.05) is 40.2 Å². The molecule has 6 rings (SSSR count). The summed E-state index contributed by atoms with van der Waals surface area (Å²) in [4.78, 5) is 30.0. The summed E-state index contributed by atoms with van der Waals surface area (Å²) in [6.45, 7) is 6.08. The molecule has 0 aliphatic heterocycles. The van der Waals surface area contributed by atoms with Gasteiger partial charge in [-0.15, -0.1) is 11.3 Å². The molecular formula is C28H24FN7OS. The van der Waals surface area contributed by atoms with Crippen LogP contribution in [0.4, 0.5) is 10.1 Å². The lowest BCUT2D eigenvalue weighted by Gasteiger charge is -2.17. The number of pyridine rings is 2. The largest absolute Gasteiger partial charge is 0.325 e. The third-order valence-electron chi connectivity index (χ3n) is 6.06. The number of carbonyl (C=O) groups excluding carboxylic acids is 1. The number of thiophene rings is 1. The summed E-state index contributed by atoms with van der Waals surface area (Å²) in [6.07, 6.45) is 5.50. The number of fused-ring (bicyclic) bond motifs is 2. The molecule has 38 heavy (non-hydrogen) atoms. The van der Waals surface area contributed by atoms with Crippen molar-refractivity contribution >= 4 is 45.0 Å². The first-order valence-electron chi connectivity index (χ1n) is 12.1. The Morgan fingerprint density at radius 3 is 2.74 bits per heavy atom. The third-order valence-corrected chi connectivity index (χ3v) is 6.96. The zero-order chi connectivity index (χ0) is 26.4. The average molecular weight is 526 g/mol. The Balaban J connectivity index is 1.36. The van der Waals surface area contributed by atoms with Gasteiger partial charge in [-0.1, -0.05) is 26.8 Å². The highest BCUT2D eigenvalue weighted by Crippen LogP contribution is 2.35. The molecule has 0 saturated heterocycles. The minimum atomic E-state index is -0.251. The maximum Gasteiger partial charge on any atom is 0.224 e. The van der Waals surface area contributed by atoms with Crippen LogP contribution in [0.15, 0.2) is 61.1 Å². The Kier molecular flexibility index (Phi) is 5.76. The van der Waals surface area contributed by atoms with E-state index in [1.54, 1.807) is 24.7 Å². The van der Waals surface area contributed by atoms with Crippen molar-refractivity contribution in [2.24, 2.45) is 5.41 Å². The lowest BCUT2D eigenvalue weighted by molar-refractivity contribution is -0.117. The van der Waals surface area contributed by atoms with E-state index in [0.717, 1.165) is 43.8 Å². The predicted octanol–water partition coefficient (Wildman–Crippen LogP) is 6.81. The van der Waals surface area contributed by atoms with Gasteiger partial charge < -0.3 is 10.3 Å². The quantitative estimate of drug-likeness (QED) is 0.229. The molecule has 0 aliphatic rings. The Hall–Kier alpha value is -4.44. The molecule has 0 fully saturated rings. The maximum atomic E-state index is 13.7. The molecule has 1 aromatic carbocycles. The molecular weight excluding hydrogens is 501 g/mol. The van der Waals surface area contributed by atoms with Crippen molar-refractivity contribution in [1.29, 1.82) is 0 Å². The van der Waals surface area contributed by atoms with E-state index in [1.807, 2.05) is 51.1 Å². The molecule has 0 unspecified atom stereocenters. The van der Waals surface area contributed by atoms with E-state index in [-0.39, 0.29) is 16.5 Å². The van der Waals surface area contributed by atoms with Crippen LogP contribution >= 0.6 is 11.3 Å². The number of carbonyl (C=O) groups is 1. The summed E-state index contributed by atoms with van der Waals surface area (Å²) in [5.41, 5.74) is 5.87. The Bertz CT molecular complexity index is 1810. The van der Waals surface area contributed by atoms with Crippen LogP contribution in [0.3, 0.4) is 0 Å². The number of aromatic nitrogens is 6. The van der Waals surface area contributed by atoms with Gasteiger partial charge >= 0.3 is 0 Å². The first kappa shape index (κ1) is 23.9. The number of H-pyrrole nitrogens is 2. The molecule has 5 aromatic heterocycles. The van der Waals surface area contributed by atoms with Crippen molar-refractivity contribution in [2.45, 2.75) is 27.2 Å². The molecule has 0 spiro atoms. The van der Waals surface area contributed by atoms with Crippen LogP contribution in [0.5, 0.6) is 0 Å². The van der Waals surface area contributed by atoms with E-state index in [9.17, 15) is 9.18 Å². The highest BCUT2D eigenvalue weighted by atomic mass is 32.1. The van der Waals surface area contributed by atoms with Crippen molar-refractivity contribution < 1.29 is 9.18 Å². The highest BCUT2D eigenvalue weighted by Gasteiger charge is 2.18. The molecule has 8 nitrogen and oxygen atoms in total. The molecule has 190 valence electrons. The fraction of sp³-hybridized carbons (Fsp3) is 0.179. The van der Waals surface area contributed by atoms with Crippen molar-refractivity contribution in [1.82, 2.24) is 30.1 Å². The first-order valence-corrected chi connectivity index (χ1v) is 12.9. The number of amides is 1. The van der Waals surface area contributed by atoms with Crippen LogP contribution in [-0.2, 0) is 4.79 Å². The first-order chi connectivity index (χ1) is 18.2. The minimum absolute atomic E-state index is 0.0489. The number of hydrogen-bond donors (Lipinski definition) is 3. The fourth-order valence-electron chi connectivity index (χ4n) is 4.41. The Morgan fingerprint density at radius 2 is 1.95 bits per heavy atom. The molecule has 0 atom stereocenters. The second-order valence-corrected chi connectivity index (χ2v) is 11.4. The standard InChI is InChI=1S/C28H24FN7OS/c1-28(2,3)12-23(37)32-17-10-16(13-30-14-17)15-4-5-20-19(11-15)25(36-35-20)27-33-24-18(8-9-31-26(24)34-27)21-6-7-22(29)38-21/h4-11,13-14H,12H2,1-3H3,(H,32,37)(H,35,36)(H,31,33,34). The number of hydrogen-bond acceptors (Lipinski definition) is 6. The number of anilines is 1. The summed E-state index contributed by atoms with van der Waals surface area (Å²) in [7, 11) is 0. The Labute approximate surface area is 221 Å². The summed E-state index contributed by atoms with van der Waals surface area (Å²) < 4.78 is 13.7. The maximum absolute atomic E-state index is 13.7. The number of imidazole rings is 1. The normalized spacial score (nSPS) is 11.9. The summed E-state index contributed by atoms with van der Waals surface area (Å²) in [5.74, 6) is 0.508. The van der Waals surface area contributed by atoms with Gasteiger partial charge in [-0.25, -0.2) is 9.97 Å². The molecule has 0 bridgehead atoms. The number of nitrogens with one attached hydrogen (secondary N) is 3. The van der Waals surface area contributed by atoms with Crippen LogP contribution in [0.25, 0.3) is 55.2 Å². The monoisotopic (exact) mass is 525 g/mol. The van der Waals surface area contributed by atoms with E-state index < -0.39 is 0 Å². The summed E-state index contributed by atoms with van der Waals surface area (Å²) in [6, 6.07) is 12.9. The number of aromatic amines is 2.